The standard InChI is InChI=1S/C20H16BrF3O4/c1-2-26-18(25)10-13-5-3-4-6-16(13)27-11-12-7-14-9-17(20(22,23)24)28-19(14)15(21)8-12/h3-9H,2,10-11H2,1H3. The van der Waals surface area contributed by atoms with Gasteiger partial charge in [0.05, 0.1) is 17.5 Å². The number of hydrogen-bond acceptors (Lipinski definition) is 4. The van der Waals surface area contributed by atoms with Crippen molar-refractivity contribution in [3.05, 3.63) is 63.8 Å². The Balaban J connectivity index is 1.80. The third kappa shape index (κ3) is 4.67. The van der Waals surface area contributed by atoms with Gasteiger partial charge in [-0.15, -0.1) is 0 Å². The summed E-state index contributed by atoms with van der Waals surface area (Å²) in [4.78, 5) is 11.7. The summed E-state index contributed by atoms with van der Waals surface area (Å²) >= 11 is 3.24. The average molecular weight is 457 g/mol. The molecule has 0 aliphatic rings. The summed E-state index contributed by atoms with van der Waals surface area (Å²) < 4.78 is 54.6. The number of carbonyl (C=O) groups excluding carboxylic acids is 1. The lowest BCUT2D eigenvalue weighted by molar-refractivity contribution is -0.152. The molecule has 0 radical (unpaired) electrons. The van der Waals surface area contributed by atoms with E-state index in [1.165, 1.54) is 0 Å². The van der Waals surface area contributed by atoms with E-state index >= 15 is 0 Å². The molecule has 28 heavy (non-hydrogen) atoms. The highest BCUT2D eigenvalue weighted by molar-refractivity contribution is 9.10. The van der Waals surface area contributed by atoms with Crippen LogP contribution in [0.25, 0.3) is 11.0 Å². The predicted molar refractivity (Wildman–Crippen MR) is 100 cm³/mol. The predicted octanol–water partition coefficient (Wildman–Crippen LogP) is 5.90. The molecule has 4 nitrogen and oxygen atoms in total. The van der Waals surface area contributed by atoms with Crippen LogP contribution < -0.4 is 4.74 Å². The highest BCUT2D eigenvalue weighted by atomic mass is 79.9. The number of para-hydroxylation sites is 1. The summed E-state index contributed by atoms with van der Waals surface area (Å²) in [5.41, 5.74) is 1.45. The van der Waals surface area contributed by atoms with Gasteiger partial charge >= 0.3 is 12.1 Å². The Morgan fingerprint density at radius 2 is 1.93 bits per heavy atom. The van der Waals surface area contributed by atoms with E-state index in [0.29, 0.717) is 33.3 Å². The maximum absolute atomic E-state index is 12.9. The lowest BCUT2D eigenvalue weighted by Gasteiger charge is -2.11. The second-order valence-corrected chi connectivity index (χ2v) is 6.84. The molecule has 0 bridgehead atoms. The van der Waals surface area contributed by atoms with Crippen molar-refractivity contribution >= 4 is 32.9 Å². The topological polar surface area (TPSA) is 48.7 Å². The molecule has 0 aliphatic heterocycles. The summed E-state index contributed by atoms with van der Waals surface area (Å²) in [6, 6.07) is 11.2. The first-order chi connectivity index (χ1) is 13.3. The van der Waals surface area contributed by atoms with E-state index in [4.69, 9.17) is 13.9 Å². The normalized spacial score (nSPS) is 11.6. The van der Waals surface area contributed by atoms with Gasteiger partial charge in [-0.25, -0.2) is 0 Å². The molecule has 0 atom stereocenters. The van der Waals surface area contributed by atoms with Crippen molar-refractivity contribution in [1.29, 1.82) is 0 Å². The van der Waals surface area contributed by atoms with Gasteiger partial charge in [0.1, 0.15) is 17.9 Å². The maximum Gasteiger partial charge on any atom is 0.449 e. The molecule has 3 aromatic rings. The smallest absolute Gasteiger partial charge is 0.449 e. The molecule has 1 heterocycles. The molecule has 0 saturated heterocycles. The first kappa shape index (κ1) is 20.3. The average Bonchev–Trinajstić information content (AvgIpc) is 3.06. The van der Waals surface area contributed by atoms with Crippen LogP contribution in [0.4, 0.5) is 13.2 Å². The van der Waals surface area contributed by atoms with Gasteiger partial charge in [0.25, 0.3) is 0 Å². The van der Waals surface area contributed by atoms with Gasteiger partial charge in [-0.2, -0.15) is 13.2 Å². The van der Waals surface area contributed by atoms with Crippen molar-refractivity contribution in [3.63, 3.8) is 0 Å². The highest BCUT2D eigenvalue weighted by Crippen LogP contribution is 2.37. The van der Waals surface area contributed by atoms with Crippen LogP contribution in [0.15, 0.2) is 51.4 Å². The van der Waals surface area contributed by atoms with E-state index in [-0.39, 0.29) is 24.6 Å². The molecule has 148 valence electrons. The van der Waals surface area contributed by atoms with Gasteiger partial charge in [-0.05, 0) is 52.7 Å². The maximum atomic E-state index is 12.9. The number of fused-ring (bicyclic) bond motifs is 1. The van der Waals surface area contributed by atoms with Crippen LogP contribution >= 0.6 is 15.9 Å². The molecular weight excluding hydrogens is 441 g/mol. The Morgan fingerprint density at radius 1 is 1.18 bits per heavy atom. The second-order valence-electron chi connectivity index (χ2n) is 5.98. The van der Waals surface area contributed by atoms with Crippen LogP contribution in [-0.2, 0) is 28.7 Å². The minimum absolute atomic E-state index is 0.0728. The van der Waals surface area contributed by atoms with E-state index in [1.807, 2.05) is 0 Å². The Morgan fingerprint density at radius 3 is 2.64 bits per heavy atom. The SMILES string of the molecule is CCOC(=O)Cc1ccccc1OCc1cc(Br)c2oc(C(F)(F)F)cc2c1. The quantitative estimate of drug-likeness (QED) is 0.433. The third-order valence-corrected chi connectivity index (χ3v) is 4.51. The Hall–Kier alpha value is -2.48. The van der Waals surface area contributed by atoms with Crippen molar-refractivity contribution in [3.8, 4) is 5.75 Å². The van der Waals surface area contributed by atoms with E-state index < -0.39 is 11.9 Å². The molecular formula is C20H16BrF3O4. The van der Waals surface area contributed by atoms with Crippen LogP contribution in [0.1, 0.15) is 23.8 Å². The molecule has 0 aliphatic carbocycles. The Kier molecular flexibility index (Phi) is 5.98. The lowest BCUT2D eigenvalue weighted by Crippen LogP contribution is -2.09. The van der Waals surface area contributed by atoms with E-state index in [9.17, 15) is 18.0 Å². The number of esters is 1. The summed E-state index contributed by atoms with van der Waals surface area (Å²) in [7, 11) is 0. The lowest BCUT2D eigenvalue weighted by atomic mass is 10.1. The third-order valence-electron chi connectivity index (χ3n) is 3.92. The monoisotopic (exact) mass is 456 g/mol. The van der Waals surface area contributed by atoms with Crippen LogP contribution in [0.5, 0.6) is 5.75 Å². The minimum Gasteiger partial charge on any atom is -0.489 e. The fourth-order valence-corrected chi connectivity index (χ4v) is 3.31. The largest absolute Gasteiger partial charge is 0.489 e. The number of furan rings is 1. The number of halogens is 4. The first-order valence-corrected chi connectivity index (χ1v) is 9.22. The van der Waals surface area contributed by atoms with E-state index in [0.717, 1.165) is 6.07 Å². The zero-order valence-electron chi connectivity index (χ0n) is 14.8. The van der Waals surface area contributed by atoms with Crippen LogP contribution in [0.3, 0.4) is 0 Å². The van der Waals surface area contributed by atoms with Crippen molar-refractivity contribution in [2.45, 2.75) is 26.1 Å². The van der Waals surface area contributed by atoms with Crippen molar-refractivity contribution in [2.24, 2.45) is 0 Å². The van der Waals surface area contributed by atoms with Crippen LogP contribution in [0.2, 0.25) is 0 Å². The van der Waals surface area contributed by atoms with Gasteiger partial charge in [-0.3, -0.25) is 4.79 Å². The molecule has 0 amide bonds. The Bertz CT molecular complexity index is 995. The molecule has 3 rings (SSSR count). The molecule has 1 aromatic heterocycles. The van der Waals surface area contributed by atoms with Crippen LogP contribution in [-0.4, -0.2) is 12.6 Å². The number of ether oxygens (including phenoxy) is 2. The Labute approximate surface area is 167 Å². The number of benzene rings is 2. The van der Waals surface area contributed by atoms with Crippen molar-refractivity contribution in [1.82, 2.24) is 0 Å². The number of hydrogen-bond donors (Lipinski definition) is 0. The van der Waals surface area contributed by atoms with Crippen LogP contribution in [0, 0.1) is 0 Å². The van der Waals surface area contributed by atoms with Crippen molar-refractivity contribution in [2.75, 3.05) is 6.61 Å². The number of carbonyl (C=O) groups is 1. The van der Waals surface area contributed by atoms with Gasteiger partial charge in [-0.1, -0.05) is 18.2 Å². The van der Waals surface area contributed by atoms with Gasteiger partial charge in [0, 0.05) is 10.9 Å². The zero-order valence-corrected chi connectivity index (χ0v) is 16.4. The van der Waals surface area contributed by atoms with E-state index in [1.54, 1.807) is 43.3 Å². The number of alkyl halides is 3. The highest BCUT2D eigenvalue weighted by Gasteiger charge is 2.35. The van der Waals surface area contributed by atoms with Gasteiger partial charge in [0.2, 0.25) is 5.76 Å². The molecule has 0 N–H and O–H groups in total. The van der Waals surface area contributed by atoms with Gasteiger partial charge < -0.3 is 13.9 Å². The molecule has 0 fully saturated rings. The molecule has 2 aromatic carbocycles. The van der Waals surface area contributed by atoms with Crippen molar-refractivity contribution < 1.29 is 31.9 Å². The number of rotatable bonds is 6. The summed E-state index contributed by atoms with van der Waals surface area (Å²) in [5.74, 6) is -0.906. The fourth-order valence-electron chi connectivity index (χ4n) is 2.71. The fraction of sp³-hybridized carbons (Fsp3) is 0.250. The molecule has 0 saturated carbocycles. The first-order valence-electron chi connectivity index (χ1n) is 8.43. The minimum atomic E-state index is -4.55. The summed E-state index contributed by atoms with van der Waals surface area (Å²) in [6.45, 7) is 2.13. The second kappa shape index (κ2) is 8.26. The van der Waals surface area contributed by atoms with E-state index in [2.05, 4.69) is 15.9 Å². The molecule has 0 unspecified atom stereocenters. The van der Waals surface area contributed by atoms with Gasteiger partial charge in [0.15, 0.2) is 0 Å². The molecule has 8 heteroatoms. The zero-order chi connectivity index (χ0) is 20.3. The summed E-state index contributed by atoms with van der Waals surface area (Å²) in [6.07, 6.45) is -4.48. The molecule has 0 spiro atoms. The summed E-state index contributed by atoms with van der Waals surface area (Å²) in [5, 5.41) is 0.320.